The Morgan fingerprint density at radius 1 is 1.17 bits per heavy atom. The van der Waals surface area contributed by atoms with Crippen LogP contribution >= 0.6 is 23.4 Å². The van der Waals surface area contributed by atoms with E-state index in [0.29, 0.717) is 0 Å². The van der Waals surface area contributed by atoms with Crippen molar-refractivity contribution in [2.24, 2.45) is 0 Å². The molecule has 29 heavy (non-hydrogen) atoms. The first-order valence-corrected chi connectivity index (χ1v) is 10.8. The van der Waals surface area contributed by atoms with Gasteiger partial charge in [-0.15, -0.1) is 11.6 Å². The van der Waals surface area contributed by atoms with Crippen molar-refractivity contribution in [3.63, 3.8) is 0 Å². The number of ether oxygens (including phenoxy) is 1. The molecule has 2 aromatic carbocycles. The minimum atomic E-state index is 0.750. The molecule has 6 heteroatoms. The summed E-state index contributed by atoms with van der Waals surface area (Å²) < 4.78 is 5.47. The lowest BCUT2D eigenvalue weighted by Crippen LogP contribution is -2.12. The van der Waals surface area contributed by atoms with Crippen molar-refractivity contribution in [1.29, 1.82) is 0 Å². The highest BCUT2D eigenvalue weighted by Crippen LogP contribution is 2.39. The molecule has 0 radical (unpaired) electrons. The topological polar surface area (TPSA) is 46.6 Å². The predicted octanol–water partition coefficient (Wildman–Crippen LogP) is 5.62. The Balaban J connectivity index is 0.000000273. The van der Waals surface area contributed by atoms with Crippen molar-refractivity contribution in [3.8, 4) is 5.75 Å². The molecule has 0 saturated heterocycles. The van der Waals surface area contributed by atoms with Crippen LogP contribution in [0.2, 0.25) is 0 Å². The van der Waals surface area contributed by atoms with E-state index in [9.17, 15) is 4.79 Å². The van der Waals surface area contributed by atoms with Crippen molar-refractivity contribution < 1.29 is 14.3 Å². The van der Waals surface area contributed by atoms with Gasteiger partial charge >= 0.3 is 0 Å². The number of thioether (sulfide) groups is 1. The molecule has 2 aliphatic heterocycles. The van der Waals surface area contributed by atoms with Crippen LogP contribution in [0.3, 0.4) is 0 Å². The first-order valence-electron chi connectivity index (χ1n) is 9.20. The number of carbonyl (C=O) groups excluding carboxylic acids is 2. The van der Waals surface area contributed by atoms with Gasteiger partial charge in [-0.3, -0.25) is 4.79 Å². The van der Waals surface area contributed by atoms with Crippen molar-refractivity contribution in [3.05, 3.63) is 58.4 Å². The van der Waals surface area contributed by atoms with E-state index >= 15 is 0 Å². The normalized spacial score (nSPS) is 13.4. The summed E-state index contributed by atoms with van der Waals surface area (Å²) in [7, 11) is 3.88. The van der Waals surface area contributed by atoms with E-state index in [1.54, 1.807) is 7.11 Å². The summed E-state index contributed by atoms with van der Waals surface area (Å²) >= 11 is 6.11. The largest absolute Gasteiger partial charge is 0.496 e. The molecular weight excluding hydrogens is 406 g/mol. The quantitative estimate of drug-likeness (QED) is 0.454. The monoisotopic (exact) mass is 433 g/mol. The molecule has 0 saturated carbocycles. The number of benzene rings is 2. The molecule has 2 aliphatic rings. The zero-order chi connectivity index (χ0) is 21.6. The SMILES string of the molecule is CC=O.CCl.COc1cc2c(c3ccccc13)CCN2C.O=CC1=CCC=CS1. The zero-order valence-electron chi connectivity index (χ0n) is 17.4. The van der Waals surface area contributed by atoms with Gasteiger partial charge in [0.1, 0.15) is 12.0 Å². The molecule has 0 fully saturated rings. The highest BCUT2D eigenvalue weighted by atomic mass is 35.5. The standard InChI is InChI=1S/C14H15NO.C6H6OS.C2H4O.CH3Cl/c1-15-8-7-11-10-5-3-4-6-12(10)14(16-2)9-13(11)15;7-5-6-3-1-2-4-8-6;1-2-3;1-2/h3-6,9H,7-8H2,1-2H3;2-5H,1H2;2H,1H3;1H3. The lowest BCUT2D eigenvalue weighted by atomic mass is 10.0. The molecule has 156 valence electrons. The maximum absolute atomic E-state index is 10.0. The summed E-state index contributed by atoms with van der Waals surface area (Å²) in [5.41, 5.74) is 2.77. The van der Waals surface area contributed by atoms with Crippen LogP contribution in [0.4, 0.5) is 5.69 Å². The van der Waals surface area contributed by atoms with Crippen molar-refractivity contribution in [2.75, 3.05) is 32.0 Å². The molecular formula is C23H28ClNO3S. The minimum Gasteiger partial charge on any atom is -0.496 e. The second kappa shape index (κ2) is 13.9. The van der Waals surface area contributed by atoms with Crippen LogP contribution in [0.5, 0.6) is 5.75 Å². The van der Waals surface area contributed by atoms with Gasteiger partial charge in [-0.2, -0.15) is 0 Å². The summed E-state index contributed by atoms with van der Waals surface area (Å²) in [6, 6.07) is 10.6. The van der Waals surface area contributed by atoms with E-state index in [-0.39, 0.29) is 0 Å². The number of rotatable bonds is 2. The number of halogens is 1. The fourth-order valence-electron chi connectivity index (χ4n) is 3.05. The summed E-state index contributed by atoms with van der Waals surface area (Å²) in [5.74, 6) is 0.975. The third-order valence-electron chi connectivity index (χ3n) is 4.29. The number of aldehydes is 2. The maximum atomic E-state index is 10.0. The van der Waals surface area contributed by atoms with Gasteiger partial charge in [-0.05, 0) is 36.1 Å². The van der Waals surface area contributed by atoms with Gasteiger partial charge in [0.2, 0.25) is 0 Å². The van der Waals surface area contributed by atoms with Crippen molar-refractivity contribution in [2.45, 2.75) is 19.8 Å². The first kappa shape index (κ1) is 24.8. The smallest absolute Gasteiger partial charge is 0.156 e. The van der Waals surface area contributed by atoms with Crippen LogP contribution in [0, 0.1) is 0 Å². The van der Waals surface area contributed by atoms with Crippen LogP contribution < -0.4 is 9.64 Å². The Morgan fingerprint density at radius 3 is 2.34 bits per heavy atom. The Kier molecular flexibility index (Phi) is 11.8. The average molecular weight is 434 g/mol. The van der Waals surface area contributed by atoms with Gasteiger partial charge in [0.05, 0.1) is 7.11 Å². The average Bonchev–Trinajstić information content (AvgIpc) is 3.17. The second-order valence-electron chi connectivity index (χ2n) is 5.98. The highest BCUT2D eigenvalue weighted by molar-refractivity contribution is 8.06. The number of hydrogen-bond donors (Lipinski definition) is 0. The lowest BCUT2D eigenvalue weighted by molar-refractivity contribution is -0.106. The highest BCUT2D eigenvalue weighted by Gasteiger charge is 2.20. The Hall–Kier alpha value is -2.24. The van der Waals surface area contributed by atoms with Gasteiger partial charge in [-0.1, -0.05) is 48.2 Å². The van der Waals surface area contributed by atoms with Gasteiger partial charge in [-0.25, -0.2) is 0 Å². The number of fused-ring (bicyclic) bond motifs is 3. The lowest BCUT2D eigenvalue weighted by Gasteiger charge is -2.15. The van der Waals surface area contributed by atoms with Crippen LogP contribution in [-0.2, 0) is 16.0 Å². The Morgan fingerprint density at radius 2 is 1.83 bits per heavy atom. The number of likely N-dealkylation sites (N-methyl/N-ethyl adjacent to an activating group) is 1. The summed E-state index contributed by atoms with van der Waals surface area (Å²) in [5, 5.41) is 4.49. The van der Waals surface area contributed by atoms with E-state index in [1.165, 1.54) is 47.1 Å². The summed E-state index contributed by atoms with van der Waals surface area (Å²) in [6.45, 7) is 2.55. The van der Waals surface area contributed by atoms with E-state index in [4.69, 9.17) is 9.53 Å². The fourth-order valence-corrected chi connectivity index (χ4v) is 3.66. The zero-order valence-corrected chi connectivity index (χ0v) is 18.9. The fraction of sp³-hybridized carbons (Fsp3) is 0.304. The van der Waals surface area contributed by atoms with Crippen LogP contribution in [0.15, 0.2) is 52.8 Å². The predicted molar refractivity (Wildman–Crippen MR) is 126 cm³/mol. The number of allylic oxidation sites excluding steroid dienone is 3. The number of methoxy groups -OCH3 is 1. The van der Waals surface area contributed by atoms with E-state index in [0.717, 1.165) is 42.6 Å². The Bertz CT molecular complexity index is 865. The van der Waals surface area contributed by atoms with Crippen LogP contribution in [-0.4, -0.2) is 39.7 Å². The molecule has 0 spiro atoms. The van der Waals surface area contributed by atoms with Crippen molar-refractivity contribution in [1.82, 2.24) is 0 Å². The van der Waals surface area contributed by atoms with Gasteiger partial charge < -0.3 is 14.4 Å². The Labute approximate surface area is 182 Å². The molecule has 0 unspecified atom stereocenters. The number of carbonyl (C=O) groups is 2. The third-order valence-corrected chi connectivity index (χ3v) is 5.16. The molecule has 0 bridgehead atoms. The van der Waals surface area contributed by atoms with Crippen molar-refractivity contribution >= 4 is 52.4 Å². The van der Waals surface area contributed by atoms with Crippen LogP contribution in [0.25, 0.3) is 10.8 Å². The van der Waals surface area contributed by atoms with Gasteiger partial charge in [0.25, 0.3) is 0 Å². The molecule has 4 rings (SSSR count). The number of anilines is 1. The molecule has 4 nitrogen and oxygen atoms in total. The van der Waals surface area contributed by atoms with E-state index in [2.05, 4.69) is 53.9 Å². The molecule has 0 atom stereocenters. The number of hydrogen-bond acceptors (Lipinski definition) is 5. The first-order chi connectivity index (χ1) is 14.2. The third kappa shape index (κ3) is 6.94. The summed E-state index contributed by atoms with van der Waals surface area (Å²) in [4.78, 5) is 22.0. The molecule has 2 aromatic rings. The van der Waals surface area contributed by atoms with Gasteiger partial charge in [0.15, 0.2) is 6.29 Å². The molecule has 0 N–H and O–H groups in total. The molecule has 0 aliphatic carbocycles. The van der Waals surface area contributed by atoms with Crippen LogP contribution in [0.1, 0.15) is 18.9 Å². The van der Waals surface area contributed by atoms with E-state index < -0.39 is 0 Å². The number of alkyl halides is 1. The number of nitrogens with zero attached hydrogens (tertiary/aromatic N) is 1. The molecule has 0 aromatic heterocycles. The maximum Gasteiger partial charge on any atom is 0.156 e. The second-order valence-corrected chi connectivity index (χ2v) is 6.96. The van der Waals surface area contributed by atoms with E-state index in [1.807, 2.05) is 17.6 Å². The molecule has 2 heterocycles. The molecule has 0 amide bonds. The minimum absolute atomic E-state index is 0.750. The summed E-state index contributed by atoms with van der Waals surface area (Å²) in [6.07, 6.45) is 9.08. The van der Waals surface area contributed by atoms with Gasteiger partial charge in [0, 0.05) is 42.0 Å².